The maximum absolute atomic E-state index is 11.5. The van der Waals surface area contributed by atoms with E-state index in [0.29, 0.717) is 10.3 Å². The molecule has 20 heavy (non-hydrogen) atoms. The number of carbonyl (C=O) groups excluding carboxylic acids is 1. The van der Waals surface area contributed by atoms with Gasteiger partial charge in [-0.25, -0.2) is 4.79 Å². The number of carbonyl (C=O) groups is 1. The van der Waals surface area contributed by atoms with Gasteiger partial charge in [-0.1, -0.05) is 18.2 Å². The van der Waals surface area contributed by atoms with E-state index in [0.717, 1.165) is 17.1 Å². The van der Waals surface area contributed by atoms with Crippen molar-refractivity contribution in [2.75, 3.05) is 18.1 Å². The third kappa shape index (κ3) is 4.09. The van der Waals surface area contributed by atoms with Crippen LogP contribution in [0.4, 0.5) is 0 Å². The number of ether oxygens (including phenoxy) is 2. The largest absolute Gasteiger partial charge is 0.482 e. The fourth-order valence-corrected chi connectivity index (χ4v) is 4.65. The van der Waals surface area contributed by atoms with Crippen molar-refractivity contribution in [1.82, 2.24) is 0 Å². The van der Waals surface area contributed by atoms with Gasteiger partial charge in [-0.2, -0.15) is 5.26 Å². The topological polar surface area (TPSA) is 59.3 Å². The Balaban J connectivity index is 1.96. The second-order valence-corrected chi connectivity index (χ2v) is 6.89. The predicted molar refractivity (Wildman–Crippen MR) is 80.8 cm³/mol. The lowest BCUT2D eigenvalue weighted by atomic mass is 10.2. The second-order valence-electron chi connectivity index (χ2n) is 4.16. The quantitative estimate of drug-likeness (QED) is 0.779. The third-order valence-corrected chi connectivity index (χ3v) is 5.70. The molecule has 106 valence electrons. The molecule has 0 saturated carbocycles. The Hall–Kier alpha value is -1.32. The Morgan fingerprint density at radius 3 is 2.85 bits per heavy atom. The Kier molecular flexibility index (Phi) is 5.62. The van der Waals surface area contributed by atoms with Crippen LogP contribution in [0, 0.1) is 11.3 Å². The zero-order chi connectivity index (χ0) is 14.4. The highest BCUT2D eigenvalue weighted by Crippen LogP contribution is 2.48. The van der Waals surface area contributed by atoms with Crippen molar-refractivity contribution in [2.24, 2.45) is 0 Å². The molecule has 2 rings (SSSR count). The summed E-state index contributed by atoms with van der Waals surface area (Å²) in [6, 6.07) is 9.58. The first-order valence-corrected chi connectivity index (χ1v) is 8.34. The van der Waals surface area contributed by atoms with Crippen molar-refractivity contribution in [2.45, 2.75) is 17.6 Å². The molecule has 0 amide bonds. The summed E-state index contributed by atoms with van der Waals surface area (Å²) < 4.78 is 10.8. The van der Waals surface area contributed by atoms with Gasteiger partial charge in [0.15, 0.2) is 12.7 Å². The Labute approximate surface area is 126 Å². The summed E-state index contributed by atoms with van der Waals surface area (Å²) in [5, 5.41) is 8.58. The van der Waals surface area contributed by atoms with Crippen LogP contribution in [0.3, 0.4) is 0 Å². The van der Waals surface area contributed by atoms with Crippen LogP contribution in [0.15, 0.2) is 24.3 Å². The molecular weight excluding hydrogens is 294 g/mol. The first-order chi connectivity index (χ1) is 9.70. The van der Waals surface area contributed by atoms with Crippen LogP contribution in [0.25, 0.3) is 0 Å². The van der Waals surface area contributed by atoms with Gasteiger partial charge < -0.3 is 9.47 Å². The summed E-state index contributed by atoms with van der Waals surface area (Å²) in [6.45, 7) is 1.35. The SMILES string of the molecule is C[C@H](C#N)OC(=O)COc1ccccc1C1SCCS1. The van der Waals surface area contributed by atoms with Crippen molar-refractivity contribution in [1.29, 1.82) is 5.26 Å². The van der Waals surface area contributed by atoms with Crippen LogP contribution in [-0.2, 0) is 9.53 Å². The minimum Gasteiger partial charge on any atom is -0.482 e. The van der Waals surface area contributed by atoms with Crippen LogP contribution in [0.2, 0.25) is 0 Å². The molecule has 1 aromatic carbocycles. The fourth-order valence-electron chi connectivity index (χ4n) is 1.74. The lowest BCUT2D eigenvalue weighted by molar-refractivity contribution is -0.148. The van der Waals surface area contributed by atoms with Crippen molar-refractivity contribution in [3.63, 3.8) is 0 Å². The van der Waals surface area contributed by atoms with Gasteiger partial charge in [-0.3, -0.25) is 0 Å². The molecule has 6 heteroatoms. The van der Waals surface area contributed by atoms with E-state index >= 15 is 0 Å². The number of esters is 1. The van der Waals surface area contributed by atoms with E-state index in [2.05, 4.69) is 0 Å². The van der Waals surface area contributed by atoms with Gasteiger partial charge in [-0.05, 0) is 13.0 Å². The van der Waals surface area contributed by atoms with Gasteiger partial charge in [-0.15, -0.1) is 23.5 Å². The number of hydrogen-bond acceptors (Lipinski definition) is 6. The fraction of sp³-hybridized carbons (Fsp3) is 0.429. The molecule has 1 aromatic rings. The lowest BCUT2D eigenvalue weighted by Gasteiger charge is -2.15. The predicted octanol–water partition coefficient (Wildman–Crippen LogP) is 3.00. The molecule has 1 saturated heterocycles. The summed E-state index contributed by atoms with van der Waals surface area (Å²) in [5.74, 6) is 2.44. The summed E-state index contributed by atoms with van der Waals surface area (Å²) >= 11 is 3.76. The second kappa shape index (κ2) is 7.46. The molecular formula is C14H15NO3S2. The molecule has 0 aliphatic carbocycles. The molecule has 1 aliphatic rings. The van der Waals surface area contributed by atoms with Gasteiger partial charge in [0.2, 0.25) is 0 Å². The summed E-state index contributed by atoms with van der Waals surface area (Å²) in [5.41, 5.74) is 1.10. The average molecular weight is 309 g/mol. The molecule has 0 spiro atoms. The summed E-state index contributed by atoms with van der Waals surface area (Å²) in [4.78, 5) is 11.5. The van der Waals surface area contributed by atoms with Crippen molar-refractivity contribution in [3.8, 4) is 11.8 Å². The minimum absolute atomic E-state index is 0.176. The highest BCUT2D eigenvalue weighted by molar-refractivity contribution is 8.19. The highest BCUT2D eigenvalue weighted by Gasteiger charge is 2.22. The Bertz CT molecular complexity index is 509. The van der Waals surface area contributed by atoms with E-state index in [-0.39, 0.29) is 6.61 Å². The van der Waals surface area contributed by atoms with Crippen molar-refractivity contribution in [3.05, 3.63) is 29.8 Å². The number of benzene rings is 1. The van der Waals surface area contributed by atoms with Gasteiger partial charge in [0.05, 0.1) is 4.58 Å². The molecule has 1 fully saturated rings. The van der Waals surface area contributed by atoms with Gasteiger partial charge in [0, 0.05) is 17.1 Å². The number of rotatable bonds is 5. The van der Waals surface area contributed by atoms with Gasteiger partial charge in [0.1, 0.15) is 11.8 Å². The smallest absolute Gasteiger partial charge is 0.345 e. The monoisotopic (exact) mass is 309 g/mol. The average Bonchev–Trinajstić information content (AvgIpc) is 2.99. The maximum Gasteiger partial charge on any atom is 0.345 e. The maximum atomic E-state index is 11.5. The number of thioether (sulfide) groups is 2. The Morgan fingerprint density at radius 1 is 1.45 bits per heavy atom. The molecule has 0 radical (unpaired) electrons. The summed E-state index contributed by atoms with van der Waals surface area (Å²) in [7, 11) is 0. The molecule has 0 N–H and O–H groups in total. The normalized spacial score (nSPS) is 16.4. The molecule has 4 nitrogen and oxygen atoms in total. The highest BCUT2D eigenvalue weighted by atomic mass is 32.2. The van der Waals surface area contributed by atoms with Crippen LogP contribution >= 0.6 is 23.5 Å². The zero-order valence-electron chi connectivity index (χ0n) is 11.1. The van der Waals surface area contributed by atoms with Crippen LogP contribution in [0.5, 0.6) is 5.75 Å². The molecule has 0 aromatic heterocycles. The van der Waals surface area contributed by atoms with E-state index in [4.69, 9.17) is 14.7 Å². The van der Waals surface area contributed by atoms with Crippen LogP contribution in [-0.4, -0.2) is 30.2 Å². The van der Waals surface area contributed by atoms with Crippen LogP contribution in [0.1, 0.15) is 17.1 Å². The first kappa shape index (κ1) is 15.1. The zero-order valence-corrected chi connectivity index (χ0v) is 12.7. The van der Waals surface area contributed by atoms with Gasteiger partial charge in [0.25, 0.3) is 0 Å². The van der Waals surface area contributed by atoms with E-state index in [1.165, 1.54) is 6.92 Å². The number of hydrogen-bond donors (Lipinski definition) is 0. The van der Waals surface area contributed by atoms with Crippen molar-refractivity contribution < 1.29 is 14.3 Å². The molecule has 0 unspecified atom stereocenters. The van der Waals surface area contributed by atoms with E-state index in [9.17, 15) is 4.79 Å². The summed E-state index contributed by atoms with van der Waals surface area (Å²) in [6.07, 6.45) is -0.748. The molecule has 0 bridgehead atoms. The number of nitriles is 1. The number of para-hydroxylation sites is 1. The molecule has 1 atom stereocenters. The van der Waals surface area contributed by atoms with Gasteiger partial charge >= 0.3 is 5.97 Å². The third-order valence-electron chi connectivity index (χ3n) is 2.63. The van der Waals surface area contributed by atoms with E-state index in [1.807, 2.05) is 53.9 Å². The molecule has 1 aliphatic heterocycles. The van der Waals surface area contributed by atoms with Crippen molar-refractivity contribution >= 4 is 29.5 Å². The van der Waals surface area contributed by atoms with Crippen LogP contribution < -0.4 is 4.74 Å². The first-order valence-electron chi connectivity index (χ1n) is 6.24. The standard InChI is InChI=1S/C14H15NO3S2/c1-10(8-15)18-13(16)9-17-12-5-3-2-4-11(12)14-19-6-7-20-14/h2-5,10,14H,6-7,9H2,1H3/t10-/m1/s1. The number of nitrogens with zero attached hydrogens (tertiary/aromatic N) is 1. The molecule has 1 heterocycles. The van der Waals surface area contributed by atoms with E-state index < -0.39 is 12.1 Å². The van der Waals surface area contributed by atoms with E-state index in [1.54, 1.807) is 0 Å². The lowest BCUT2D eigenvalue weighted by Crippen LogP contribution is -2.20. The Morgan fingerprint density at radius 2 is 2.15 bits per heavy atom. The minimum atomic E-state index is -0.748.